The van der Waals surface area contributed by atoms with Crippen molar-refractivity contribution >= 4 is 29.2 Å². The third-order valence-corrected chi connectivity index (χ3v) is 6.04. The number of carboxylic acid groups (broad SMARTS) is 1. The number of halogens is 2. The van der Waals surface area contributed by atoms with Crippen molar-refractivity contribution in [1.29, 1.82) is 0 Å². The third-order valence-electron chi connectivity index (χ3n) is 5.74. The van der Waals surface area contributed by atoms with Gasteiger partial charge in [-0.3, -0.25) is 9.78 Å². The van der Waals surface area contributed by atoms with Crippen molar-refractivity contribution in [2.45, 2.75) is 57.4 Å². The van der Waals surface area contributed by atoms with Crippen LogP contribution < -0.4 is 5.32 Å². The second kappa shape index (κ2) is 12.4. The summed E-state index contributed by atoms with van der Waals surface area (Å²) in [7, 11) is 0. The molecule has 1 atom stereocenters. The Morgan fingerprint density at radius 1 is 1.24 bits per heavy atom. The Balaban J connectivity index is 1.39. The van der Waals surface area contributed by atoms with Crippen LogP contribution in [-0.2, 0) is 28.8 Å². The number of carbonyl (C=O) groups is 2. The third kappa shape index (κ3) is 6.99. The molecule has 0 radical (unpaired) electrons. The van der Waals surface area contributed by atoms with Crippen LogP contribution in [-0.4, -0.2) is 41.2 Å². The summed E-state index contributed by atoms with van der Waals surface area (Å²) in [5.41, 5.74) is 3.14. The van der Waals surface area contributed by atoms with Crippen molar-refractivity contribution in [2.75, 3.05) is 13.2 Å². The molecule has 0 saturated carbocycles. The lowest BCUT2D eigenvalue weighted by atomic mass is 9.95. The van der Waals surface area contributed by atoms with E-state index in [9.17, 15) is 19.1 Å². The van der Waals surface area contributed by atoms with E-state index in [2.05, 4.69) is 22.3 Å². The maximum absolute atomic E-state index is 14.2. The van der Waals surface area contributed by atoms with Crippen molar-refractivity contribution in [3.8, 4) is 0 Å². The number of nitrogens with zero attached hydrogens (tertiary/aromatic N) is 2. The van der Waals surface area contributed by atoms with Gasteiger partial charge >= 0.3 is 5.97 Å². The van der Waals surface area contributed by atoms with Gasteiger partial charge in [-0.1, -0.05) is 17.7 Å². The van der Waals surface area contributed by atoms with Crippen LogP contribution in [0.15, 0.2) is 24.3 Å². The van der Waals surface area contributed by atoms with Gasteiger partial charge in [0, 0.05) is 36.0 Å². The van der Waals surface area contributed by atoms with E-state index in [1.165, 1.54) is 24.1 Å². The first kappa shape index (κ1) is 25.6. The zero-order chi connectivity index (χ0) is 24.5. The van der Waals surface area contributed by atoms with Gasteiger partial charge in [0.2, 0.25) is 0 Å². The normalized spacial score (nSPS) is 13.6. The minimum absolute atomic E-state index is 0.0207. The number of ether oxygens (including phenoxy) is 1. The summed E-state index contributed by atoms with van der Waals surface area (Å²) in [5, 5.41) is 11.4. The Labute approximate surface area is 203 Å². The van der Waals surface area contributed by atoms with Crippen LogP contribution in [0.5, 0.6) is 0 Å². The largest absolute Gasteiger partial charge is 0.480 e. The highest BCUT2D eigenvalue weighted by atomic mass is 35.5. The number of pyridine rings is 1. The first-order valence-electron chi connectivity index (χ1n) is 11.3. The molecule has 0 unspecified atom stereocenters. The molecule has 0 bridgehead atoms. The molecule has 1 aromatic heterocycles. The Kier molecular flexibility index (Phi) is 9.37. The maximum Gasteiger partial charge on any atom is 0.326 e. The predicted molar refractivity (Wildman–Crippen MR) is 126 cm³/mol. The van der Waals surface area contributed by atoms with Crippen molar-refractivity contribution in [3.63, 3.8) is 0 Å². The van der Waals surface area contributed by atoms with E-state index in [1.54, 1.807) is 0 Å². The second-order valence-corrected chi connectivity index (χ2v) is 8.64. The fourth-order valence-corrected chi connectivity index (χ4v) is 4.20. The van der Waals surface area contributed by atoms with E-state index in [0.717, 1.165) is 49.9 Å². The Morgan fingerprint density at radius 3 is 2.76 bits per heavy atom. The van der Waals surface area contributed by atoms with E-state index in [0.29, 0.717) is 6.61 Å². The number of rotatable bonds is 11. The first-order valence-corrected chi connectivity index (χ1v) is 11.7. The molecule has 2 aromatic rings. The van der Waals surface area contributed by atoms with E-state index < -0.39 is 29.3 Å². The lowest BCUT2D eigenvalue weighted by Crippen LogP contribution is -2.42. The fourth-order valence-electron chi connectivity index (χ4n) is 3.91. The van der Waals surface area contributed by atoms with Crippen molar-refractivity contribution in [2.24, 2.45) is 0 Å². The Bertz CT molecular complexity index is 1060. The van der Waals surface area contributed by atoms with E-state index in [4.69, 9.17) is 27.9 Å². The maximum atomic E-state index is 14.2. The minimum atomic E-state index is -1.26. The van der Waals surface area contributed by atoms with Crippen LogP contribution in [0.1, 0.15) is 59.4 Å². The number of carboxylic acids is 1. The first-order chi connectivity index (χ1) is 16.4. The highest BCUT2D eigenvalue weighted by Crippen LogP contribution is 2.26. The number of hydrogen-bond acceptors (Lipinski definition) is 4. The van der Waals surface area contributed by atoms with Crippen LogP contribution in [0.3, 0.4) is 0 Å². The summed E-state index contributed by atoms with van der Waals surface area (Å²) >= 11 is 5.90. The van der Waals surface area contributed by atoms with Gasteiger partial charge in [0.1, 0.15) is 11.9 Å². The zero-order valence-corrected chi connectivity index (χ0v) is 19.5. The van der Waals surface area contributed by atoms with Gasteiger partial charge in [0.15, 0.2) is 5.69 Å². The summed E-state index contributed by atoms with van der Waals surface area (Å²) < 4.78 is 19.7. The smallest absolute Gasteiger partial charge is 0.326 e. The number of hydrogen-bond donors (Lipinski definition) is 2. The highest BCUT2D eigenvalue weighted by Gasteiger charge is 2.24. The molecular weight excluding hydrogens is 461 g/mol. The number of aliphatic carboxylic acids is 1. The number of fused-ring (bicyclic) bond motifs is 1. The number of aromatic nitrogens is 1. The quantitative estimate of drug-likeness (QED) is 0.347. The molecule has 1 aliphatic carbocycles. The molecule has 0 spiro atoms. The molecule has 0 fully saturated rings. The molecule has 1 heterocycles. The molecule has 2 N–H and O–H groups in total. The standard InChI is InChI=1S/C25H27ClFN3O4/c1-28-18-14-19(26)23(20(27)15-18)24(31)30-22(25(32)33)11-13-34-12-5-4-7-17-10-9-16-6-2-3-8-21(16)29-17/h9-10,14-15,22H,2-8,11-13H2,(H,30,31)(H,32,33)/t22-/m0/s1. The predicted octanol–water partition coefficient (Wildman–Crippen LogP) is 4.92. The lowest BCUT2D eigenvalue weighted by molar-refractivity contribution is -0.139. The molecule has 9 heteroatoms. The van der Waals surface area contributed by atoms with Gasteiger partial charge in [-0.15, -0.1) is 0 Å². The summed E-state index contributed by atoms with van der Waals surface area (Å²) in [6.45, 7) is 7.49. The Hall–Kier alpha value is -3.02. The molecule has 1 aliphatic rings. The van der Waals surface area contributed by atoms with Crippen LogP contribution >= 0.6 is 11.6 Å². The number of carbonyl (C=O) groups excluding carboxylic acids is 1. The molecule has 1 aromatic carbocycles. The van der Waals surface area contributed by atoms with Gasteiger partial charge in [-0.2, -0.15) is 0 Å². The van der Waals surface area contributed by atoms with Crippen LogP contribution in [0.25, 0.3) is 4.85 Å². The van der Waals surface area contributed by atoms with E-state index >= 15 is 0 Å². The van der Waals surface area contributed by atoms with Crippen molar-refractivity contribution < 1.29 is 23.8 Å². The number of aryl methyl sites for hydroxylation is 3. The summed E-state index contributed by atoms with van der Waals surface area (Å²) in [5.74, 6) is -3.20. The van der Waals surface area contributed by atoms with Crippen LogP contribution in [0.2, 0.25) is 5.02 Å². The van der Waals surface area contributed by atoms with E-state index in [1.807, 2.05) is 0 Å². The van der Waals surface area contributed by atoms with E-state index in [-0.39, 0.29) is 23.7 Å². The average Bonchev–Trinajstić information content (AvgIpc) is 2.81. The number of amides is 1. The minimum Gasteiger partial charge on any atom is -0.480 e. The topological polar surface area (TPSA) is 92.9 Å². The Morgan fingerprint density at radius 2 is 2.03 bits per heavy atom. The van der Waals surface area contributed by atoms with Gasteiger partial charge in [0.05, 0.1) is 12.1 Å². The molecule has 180 valence electrons. The summed E-state index contributed by atoms with van der Waals surface area (Å²) in [6.07, 6.45) is 7.20. The van der Waals surface area contributed by atoms with Crippen molar-refractivity contribution in [1.82, 2.24) is 10.3 Å². The number of benzene rings is 1. The highest BCUT2D eigenvalue weighted by molar-refractivity contribution is 6.34. The van der Waals surface area contributed by atoms with Crippen molar-refractivity contribution in [3.05, 3.63) is 69.0 Å². The SMILES string of the molecule is [C-]#[N+]c1cc(F)c(C(=O)N[C@@H](CCOCCCCc2ccc3c(n2)CCCC3)C(=O)O)c(Cl)c1. The number of unbranched alkanes of at least 4 members (excludes halogenated alkanes) is 1. The fraction of sp³-hybridized carbons (Fsp3) is 0.440. The molecule has 7 nitrogen and oxygen atoms in total. The molecule has 0 saturated heterocycles. The van der Waals surface area contributed by atoms with Crippen LogP contribution in [0.4, 0.5) is 10.1 Å². The van der Waals surface area contributed by atoms with Gasteiger partial charge in [-0.25, -0.2) is 14.0 Å². The molecule has 1 amide bonds. The molecular formula is C25H27ClFN3O4. The van der Waals surface area contributed by atoms with Crippen LogP contribution in [0, 0.1) is 12.4 Å². The monoisotopic (exact) mass is 487 g/mol. The van der Waals surface area contributed by atoms with Gasteiger partial charge < -0.3 is 15.2 Å². The average molecular weight is 488 g/mol. The molecule has 3 rings (SSSR count). The summed E-state index contributed by atoms with van der Waals surface area (Å²) in [6, 6.07) is 5.06. The van der Waals surface area contributed by atoms with Gasteiger partial charge in [-0.05, 0) is 68.7 Å². The molecule has 34 heavy (non-hydrogen) atoms. The molecule has 0 aliphatic heterocycles. The lowest BCUT2D eigenvalue weighted by Gasteiger charge is -2.16. The zero-order valence-electron chi connectivity index (χ0n) is 18.8. The summed E-state index contributed by atoms with van der Waals surface area (Å²) in [4.78, 5) is 31.7. The number of nitrogens with one attached hydrogen (secondary N) is 1. The second-order valence-electron chi connectivity index (χ2n) is 8.23. The van der Waals surface area contributed by atoms with Gasteiger partial charge in [0.25, 0.3) is 5.91 Å².